The molecule has 7 heteroatoms. The molecule has 19 heavy (non-hydrogen) atoms. The Bertz CT molecular complexity index is 466. The number of rotatable bonds is 4. The van der Waals surface area contributed by atoms with Gasteiger partial charge in [0, 0.05) is 26.8 Å². The Morgan fingerprint density at radius 1 is 1.53 bits per heavy atom. The van der Waals surface area contributed by atoms with E-state index in [4.69, 9.17) is 9.84 Å². The first-order chi connectivity index (χ1) is 9.11. The summed E-state index contributed by atoms with van der Waals surface area (Å²) in [6.45, 7) is 2.10. The molecule has 0 spiro atoms. The molecule has 1 saturated heterocycles. The molecule has 1 aliphatic heterocycles. The normalized spacial score (nSPS) is 16.6. The standard InChI is InChI=1S/C12H16N2O4S/c1-18-7-8-2-4-14(5-3-8)11(15)9-6-13-10(19-9)12(16)17/h6,8H,2-5,7H2,1H3,(H,16,17). The second-order valence-corrected chi connectivity index (χ2v) is 5.56. The van der Waals surface area contributed by atoms with E-state index < -0.39 is 5.97 Å². The third-order valence-corrected chi connectivity index (χ3v) is 4.18. The third kappa shape index (κ3) is 3.30. The number of aromatic carboxylic acids is 1. The first-order valence-electron chi connectivity index (χ1n) is 6.09. The van der Waals surface area contributed by atoms with Crippen LogP contribution in [0, 0.1) is 5.92 Å². The molecule has 0 aliphatic carbocycles. The van der Waals surface area contributed by atoms with Crippen molar-refractivity contribution in [3.05, 3.63) is 16.1 Å². The molecule has 0 aromatic carbocycles. The number of carbonyl (C=O) groups excluding carboxylic acids is 1. The fourth-order valence-corrected chi connectivity index (χ4v) is 2.89. The van der Waals surface area contributed by atoms with Crippen LogP contribution < -0.4 is 0 Å². The summed E-state index contributed by atoms with van der Waals surface area (Å²) in [6, 6.07) is 0. The van der Waals surface area contributed by atoms with Gasteiger partial charge < -0.3 is 14.7 Å². The Hall–Kier alpha value is -1.47. The number of hydrogen-bond acceptors (Lipinski definition) is 5. The van der Waals surface area contributed by atoms with Gasteiger partial charge >= 0.3 is 5.97 Å². The van der Waals surface area contributed by atoms with E-state index in [9.17, 15) is 9.59 Å². The monoisotopic (exact) mass is 284 g/mol. The van der Waals surface area contributed by atoms with Crippen molar-refractivity contribution in [2.45, 2.75) is 12.8 Å². The molecule has 0 radical (unpaired) electrons. The Kier molecular flexibility index (Phi) is 4.49. The fraction of sp³-hybridized carbons (Fsp3) is 0.583. The molecule has 0 atom stereocenters. The summed E-state index contributed by atoms with van der Waals surface area (Å²) in [5.41, 5.74) is 0. The van der Waals surface area contributed by atoms with Gasteiger partial charge in [0.2, 0.25) is 5.01 Å². The summed E-state index contributed by atoms with van der Waals surface area (Å²) in [4.78, 5) is 28.8. The minimum absolute atomic E-state index is 0.0439. The lowest BCUT2D eigenvalue weighted by Gasteiger charge is -2.31. The number of carboxylic acid groups (broad SMARTS) is 1. The zero-order chi connectivity index (χ0) is 13.8. The minimum Gasteiger partial charge on any atom is -0.476 e. The summed E-state index contributed by atoms with van der Waals surface area (Å²) in [7, 11) is 1.68. The van der Waals surface area contributed by atoms with E-state index in [0.717, 1.165) is 30.8 Å². The molecular weight excluding hydrogens is 268 g/mol. The van der Waals surface area contributed by atoms with E-state index in [1.165, 1.54) is 6.20 Å². The zero-order valence-corrected chi connectivity index (χ0v) is 11.5. The first kappa shape index (κ1) is 14.0. The number of piperidine rings is 1. The van der Waals surface area contributed by atoms with Gasteiger partial charge in [-0.15, -0.1) is 11.3 Å². The van der Waals surface area contributed by atoms with Crippen LogP contribution in [0.5, 0.6) is 0 Å². The van der Waals surface area contributed by atoms with E-state index >= 15 is 0 Å². The molecule has 0 bridgehead atoms. The zero-order valence-electron chi connectivity index (χ0n) is 10.7. The number of amides is 1. The average molecular weight is 284 g/mol. The first-order valence-corrected chi connectivity index (χ1v) is 6.90. The maximum atomic E-state index is 12.2. The Morgan fingerprint density at radius 3 is 2.74 bits per heavy atom. The van der Waals surface area contributed by atoms with Crippen LogP contribution in [0.4, 0.5) is 0 Å². The van der Waals surface area contributed by atoms with Gasteiger partial charge in [-0.1, -0.05) is 0 Å². The van der Waals surface area contributed by atoms with Crippen LogP contribution in [0.2, 0.25) is 0 Å². The van der Waals surface area contributed by atoms with E-state index in [0.29, 0.717) is 23.9 Å². The predicted molar refractivity (Wildman–Crippen MR) is 69.6 cm³/mol. The second kappa shape index (κ2) is 6.12. The van der Waals surface area contributed by atoms with Gasteiger partial charge in [0.05, 0.1) is 6.20 Å². The maximum absolute atomic E-state index is 12.2. The van der Waals surface area contributed by atoms with E-state index in [1.807, 2.05) is 0 Å². The minimum atomic E-state index is -1.09. The van der Waals surface area contributed by atoms with Crippen molar-refractivity contribution in [3.8, 4) is 0 Å². The van der Waals surface area contributed by atoms with Crippen LogP contribution in [0.15, 0.2) is 6.20 Å². The largest absolute Gasteiger partial charge is 0.476 e. The quantitative estimate of drug-likeness (QED) is 0.902. The molecule has 2 rings (SSSR count). The number of nitrogens with zero attached hydrogens (tertiary/aromatic N) is 2. The molecule has 1 amide bonds. The molecule has 1 aromatic heterocycles. The van der Waals surface area contributed by atoms with Crippen LogP contribution in [-0.4, -0.2) is 53.7 Å². The van der Waals surface area contributed by atoms with Crippen LogP contribution in [0.25, 0.3) is 0 Å². The number of ether oxygens (including phenoxy) is 1. The van der Waals surface area contributed by atoms with Gasteiger partial charge in [0.1, 0.15) is 4.88 Å². The number of aromatic nitrogens is 1. The van der Waals surface area contributed by atoms with Crippen LogP contribution in [0.3, 0.4) is 0 Å². The van der Waals surface area contributed by atoms with Crippen molar-refractivity contribution in [3.63, 3.8) is 0 Å². The molecule has 6 nitrogen and oxygen atoms in total. The van der Waals surface area contributed by atoms with Crippen molar-refractivity contribution in [1.82, 2.24) is 9.88 Å². The predicted octanol–water partition coefficient (Wildman–Crippen LogP) is 1.34. The highest BCUT2D eigenvalue weighted by Crippen LogP contribution is 2.21. The lowest BCUT2D eigenvalue weighted by molar-refractivity contribution is 0.0617. The Labute approximate surface area is 115 Å². The van der Waals surface area contributed by atoms with E-state index in [2.05, 4.69) is 4.98 Å². The summed E-state index contributed by atoms with van der Waals surface area (Å²) >= 11 is 0.927. The van der Waals surface area contributed by atoms with Crippen molar-refractivity contribution in [2.24, 2.45) is 5.92 Å². The number of likely N-dealkylation sites (tertiary alicyclic amines) is 1. The van der Waals surface area contributed by atoms with Gasteiger partial charge in [-0.3, -0.25) is 4.79 Å². The van der Waals surface area contributed by atoms with Crippen molar-refractivity contribution in [1.29, 1.82) is 0 Å². The molecule has 2 heterocycles. The van der Waals surface area contributed by atoms with Gasteiger partial charge in [-0.2, -0.15) is 0 Å². The van der Waals surface area contributed by atoms with Crippen molar-refractivity contribution >= 4 is 23.2 Å². The highest BCUT2D eigenvalue weighted by atomic mass is 32.1. The van der Waals surface area contributed by atoms with Crippen molar-refractivity contribution < 1.29 is 19.4 Å². The molecule has 0 saturated carbocycles. The molecule has 1 aromatic rings. The Balaban J connectivity index is 1.95. The number of thiazole rings is 1. The number of carbonyl (C=O) groups is 2. The van der Waals surface area contributed by atoms with E-state index in [1.54, 1.807) is 12.0 Å². The second-order valence-electron chi connectivity index (χ2n) is 4.53. The highest BCUT2D eigenvalue weighted by Gasteiger charge is 2.25. The maximum Gasteiger partial charge on any atom is 0.365 e. The molecule has 1 aliphatic rings. The molecule has 0 unspecified atom stereocenters. The van der Waals surface area contributed by atoms with E-state index in [-0.39, 0.29) is 10.9 Å². The molecule has 1 N–H and O–H groups in total. The van der Waals surface area contributed by atoms with Gasteiger partial charge in [-0.05, 0) is 18.8 Å². The van der Waals surface area contributed by atoms with Gasteiger partial charge in [0.15, 0.2) is 0 Å². The lowest BCUT2D eigenvalue weighted by atomic mass is 9.98. The van der Waals surface area contributed by atoms with Gasteiger partial charge in [0.25, 0.3) is 5.91 Å². The highest BCUT2D eigenvalue weighted by molar-refractivity contribution is 7.15. The topological polar surface area (TPSA) is 79.7 Å². The summed E-state index contributed by atoms with van der Waals surface area (Å²) in [6.07, 6.45) is 3.19. The van der Waals surface area contributed by atoms with Crippen molar-refractivity contribution in [2.75, 3.05) is 26.8 Å². The summed E-state index contributed by atoms with van der Waals surface area (Å²) in [5.74, 6) is -0.714. The smallest absolute Gasteiger partial charge is 0.365 e. The number of hydrogen-bond donors (Lipinski definition) is 1. The summed E-state index contributed by atoms with van der Waals surface area (Å²) < 4.78 is 5.11. The lowest BCUT2D eigenvalue weighted by Crippen LogP contribution is -2.39. The Morgan fingerprint density at radius 2 is 2.21 bits per heavy atom. The van der Waals surface area contributed by atoms with Gasteiger partial charge in [-0.25, -0.2) is 9.78 Å². The molecular formula is C12H16N2O4S. The molecule has 1 fully saturated rings. The van der Waals surface area contributed by atoms with Crippen LogP contribution in [-0.2, 0) is 4.74 Å². The number of methoxy groups -OCH3 is 1. The SMILES string of the molecule is COCC1CCN(C(=O)c2cnc(C(=O)O)s2)CC1. The van der Waals surface area contributed by atoms with Crippen LogP contribution in [0.1, 0.15) is 32.3 Å². The molecule has 104 valence electrons. The fourth-order valence-electron chi connectivity index (χ4n) is 2.17. The number of carboxylic acids is 1. The average Bonchev–Trinajstić information content (AvgIpc) is 2.89. The van der Waals surface area contributed by atoms with Crippen LogP contribution >= 0.6 is 11.3 Å². The third-order valence-electron chi connectivity index (χ3n) is 3.20. The summed E-state index contributed by atoms with van der Waals surface area (Å²) in [5, 5.41) is 8.75.